The van der Waals surface area contributed by atoms with E-state index in [1.807, 2.05) is 0 Å². The Kier molecular flexibility index (Phi) is 12.2. The summed E-state index contributed by atoms with van der Waals surface area (Å²) in [5.41, 5.74) is 2.26. The minimum absolute atomic E-state index is 0.0810. The van der Waals surface area contributed by atoms with Crippen LogP contribution in [-0.2, 0) is 19.7 Å². The monoisotopic (exact) mass is 458 g/mol. The smallest absolute Gasteiger partial charge is 0.335 e. The minimum Gasteiger partial charge on any atom is -0.461 e. The number of benzene rings is 1. The zero-order valence-electron chi connectivity index (χ0n) is 21.2. The van der Waals surface area contributed by atoms with Crippen LogP contribution < -0.4 is 0 Å². The van der Waals surface area contributed by atoms with Gasteiger partial charge >= 0.3 is 5.97 Å². The Morgan fingerprint density at radius 2 is 1.70 bits per heavy atom. The number of unbranched alkanes of at least 4 members (excludes halogenated alkanes) is 3. The van der Waals surface area contributed by atoms with Crippen LogP contribution in [0, 0.1) is 5.92 Å². The van der Waals surface area contributed by atoms with Crippen molar-refractivity contribution in [1.82, 2.24) is 0 Å². The van der Waals surface area contributed by atoms with Crippen molar-refractivity contribution in [3.8, 4) is 0 Å². The van der Waals surface area contributed by atoms with Crippen LogP contribution in [-0.4, -0.2) is 38.0 Å². The topological polar surface area (TPSA) is 55.8 Å². The number of aliphatic hydroxyl groups excluding tert-OH is 1. The van der Waals surface area contributed by atoms with Crippen LogP contribution in [0.25, 0.3) is 0 Å². The van der Waals surface area contributed by atoms with E-state index in [1.54, 1.807) is 7.11 Å². The molecule has 4 heteroatoms. The van der Waals surface area contributed by atoms with Gasteiger partial charge in [-0.2, -0.15) is 0 Å². The van der Waals surface area contributed by atoms with Gasteiger partial charge in [0.2, 0.25) is 0 Å². The molecule has 1 fully saturated rings. The van der Waals surface area contributed by atoms with Crippen LogP contribution in [0.3, 0.4) is 0 Å². The Morgan fingerprint density at radius 1 is 1.03 bits per heavy atom. The lowest BCUT2D eigenvalue weighted by atomic mass is 9.74. The summed E-state index contributed by atoms with van der Waals surface area (Å²) in [5.74, 6) is 1.03. The van der Waals surface area contributed by atoms with Gasteiger partial charge in [-0.25, -0.2) is 4.79 Å². The quantitative estimate of drug-likeness (QED) is 0.180. The highest BCUT2D eigenvalue weighted by molar-refractivity contribution is 5.87. The first-order valence-corrected chi connectivity index (χ1v) is 13.0. The fourth-order valence-corrected chi connectivity index (χ4v) is 5.24. The van der Waals surface area contributed by atoms with Crippen molar-refractivity contribution in [3.63, 3.8) is 0 Å². The molecule has 1 aromatic carbocycles. The number of hydrogen-bond donors (Lipinski definition) is 1. The number of carbonyl (C=O) groups excluding carboxylic acids is 1. The maximum absolute atomic E-state index is 12.2. The summed E-state index contributed by atoms with van der Waals surface area (Å²) in [6, 6.07) is 8.99. The molecule has 1 aliphatic carbocycles. The van der Waals surface area contributed by atoms with Gasteiger partial charge < -0.3 is 14.6 Å². The molecule has 1 aliphatic rings. The molecule has 1 N–H and O–H groups in total. The second-order valence-corrected chi connectivity index (χ2v) is 9.99. The van der Waals surface area contributed by atoms with Gasteiger partial charge in [-0.3, -0.25) is 0 Å². The highest BCUT2D eigenvalue weighted by atomic mass is 16.5. The van der Waals surface area contributed by atoms with Crippen molar-refractivity contribution in [2.24, 2.45) is 5.92 Å². The van der Waals surface area contributed by atoms with E-state index in [-0.39, 0.29) is 18.8 Å². The first-order chi connectivity index (χ1) is 16.0. The Labute approximate surface area is 201 Å². The SMILES string of the molecule is C=C(CO)C(=O)OCC(CCCC)(COC)c1ccc(C2CCC(CCCCC)CC2)cc1. The van der Waals surface area contributed by atoms with Crippen LogP contribution in [0.5, 0.6) is 0 Å². The molecule has 0 bridgehead atoms. The molecule has 0 spiro atoms. The number of methoxy groups -OCH3 is 1. The molecule has 4 nitrogen and oxygen atoms in total. The number of carbonyl (C=O) groups is 1. The summed E-state index contributed by atoms with van der Waals surface area (Å²) in [4.78, 5) is 12.2. The normalized spacial score (nSPS) is 20.2. The third-order valence-corrected chi connectivity index (χ3v) is 7.45. The first-order valence-electron chi connectivity index (χ1n) is 13.0. The zero-order chi connectivity index (χ0) is 24.1. The summed E-state index contributed by atoms with van der Waals surface area (Å²) >= 11 is 0. The fraction of sp³-hybridized carbons (Fsp3) is 0.690. The van der Waals surface area contributed by atoms with E-state index in [0.717, 1.165) is 30.7 Å². The highest BCUT2D eigenvalue weighted by Crippen LogP contribution is 2.39. The highest BCUT2D eigenvalue weighted by Gasteiger charge is 2.34. The molecule has 0 heterocycles. The van der Waals surface area contributed by atoms with Gasteiger partial charge in [0.15, 0.2) is 0 Å². The van der Waals surface area contributed by atoms with E-state index in [2.05, 4.69) is 44.7 Å². The van der Waals surface area contributed by atoms with Crippen molar-refractivity contribution < 1.29 is 19.4 Å². The van der Waals surface area contributed by atoms with Crippen molar-refractivity contribution in [2.75, 3.05) is 26.9 Å². The summed E-state index contributed by atoms with van der Waals surface area (Å²) in [6.45, 7) is 8.35. The Morgan fingerprint density at radius 3 is 2.27 bits per heavy atom. The largest absolute Gasteiger partial charge is 0.461 e. The molecule has 0 aromatic heterocycles. The molecule has 0 aliphatic heterocycles. The average molecular weight is 459 g/mol. The van der Waals surface area contributed by atoms with E-state index < -0.39 is 11.4 Å². The van der Waals surface area contributed by atoms with E-state index in [0.29, 0.717) is 12.5 Å². The predicted molar refractivity (Wildman–Crippen MR) is 136 cm³/mol. The van der Waals surface area contributed by atoms with Gasteiger partial charge in [-0.05, 0) is 55.1 Å². The van der Waals surface area contributed by atoms with Gasteiger partial charge in [0.1, 0.15) is 6.61 Å². The van der Waals surface area contributed by atoms with Crippen LogP contribution in [0.2, 0.25) is 0 Å². The Bertz CT molecular complexity index is 703. The molecule has 1 unspecified atom stereocenters. The molecule has 1 saturated carbocycles. The van der Waals surface area contributed by atoms with Gasteiger partial charge in [0.05, 0.1) is 24.2 Å². The van der Waals surface area contributed by atoms with E-state index in [4.69, 9.17) is 9.47 Å². The maximum atomic E-state index is 12.2. The van der Waals surface area contributed by atoms with E-state index in [9.17, 15) is 9.90 Å². The number of ether oxygens (including phenoxy) is 2. The van der Waals surface area contributed by atoms with Crippen LogP contribution in [0.15, 0.2) is 36.4 Å². The lowest BCUT2D eigenvalue weighted by molar-refractivity contribution is -0.142. The molecule has 0 radical (unpaired) electrons. The van der Waals surface area contributed by atoms with Crippen molar-refractivity contribution in [1.29, 1.82) is 0 Å². The lowest BCUT2D eigenvalue weighted by Gasteiger charge is -2.34. The van der Waals surface area contributed by atoms with Crippen LogP contribution in [0.4, 0.5) is 0 Å². The van der Waals surface area contributed by atoms with Crippen LogP contribution in [0.1, 0.15) is 102 Å². The van der Waals surface area contributed by atoms with Crippen molar-refractivity contribution in [2.45, 2.75) is 95.8 Å². The van der Waals surface area contributed by atoms with Crippen molar-refractivity contribution in [3.05, 3.63) is 47.5 Å². The fourth-order valence-electron chi connectivity index (χ4n) is 5.24. The number of aliphatic hydroxyl groups is 1. The summed E-state index contributed by atoms with van der Waals surface area (Å²) in [5, 5.41) is 9.20. The third-order valence-electron chi connectivity index (χ3n) is 7.45. The maximum Gasteiger partial charge on any atom is 0.335 e. The molecule has 2 rings (SSSR count). The number of hydrogen-bond acceptors (Lipinski definition) is 4. The molecule has 33 heavy (non-hydrogen) atoms. The van der Waals surface area contributed by atoms with E-state index >= 15 is 0 Å². The molecule has 1 atom stereocenters. The van der Waals surface area contributed by atoms with Gasteiger partial charge in [-0.1, -0.05) is 83.2 Å². The van der Waals surface area contributed by atoms with Crippen LogP contribution >= 0.6 is 0 Å². The predicted octanol–water partition coefficient (Wildman–Crippen LogP) is 6.71. The van der Waals surface area contributed by atoms with Gasteiger partial charge in [-0.15, -0.1) is 0 Å². The number of rotatable bonds is 15. The Hall–Kier alpha value is -1.65. The lowest BCUT2D eigenvalue weighted by Crippen LogP contribution is -2.38. The van der Waals surface area contributed by atoms with Crippen molar-refractivity contribution >= 4 is 5.97 Å². The Balaban J connectivity index is 2.09. The second kappa shape index (κ2) is 14.6. The first kappa shape index (κ1) is 27.6. The molecule has 0 saturated heterocycles. The van der Waals surface area contributed by atoms with E-state index in [1.165, 1.54) is 56.9 Å². The standard InChI is InChI=1S/C29H46O4/c1-5-7-9-10-24-11-13-25(14-12-24)26-15-17-27(18-16-26)29(21-32-4,19-8-6-2)22-33-28(31)23(3)20-30/h15-18,24-25,30H,3,5-14,19-22H2,1-2,4H3. The molecule has 186 valence electrons. The minimum atomic E-state index is -0.540. The molecular formula is C29H46O4. The summed E-state index contributed by atoms with van der Waals surface area (Å²) in [7, 11) is 1.70. The second-order valence-electron chi connectivity index (χ2n) is 9.99. The molecule has 0 amide bonds. The molecular weight excluding hydrogens is 412 g/mol. The zero-order valence-corrected chi connectivity index (χ0v) is 21.2. The average Bonchev–Trinajstić information content (AvgIpc) is 2.86. The van der Waals surface area contributed by atoms with Gasteiger partial charge in [0.25, 0.3) is 0 Å². The third kappa shape index (κ3) is 8.26. The summed E-state index contributed by atoms with van der Waals surface area (Å²) < 4.78 is 11.2. The summed E-state index contributed by atoms with van der Waals surface area (Å²) in [6.07, 6.45) is 13.7. The van der Waals surface area contributed by atoms with Gasteiger partial charge in [0, 0.05) is 7.11 Å². The molecule has 1 aromatic rings. The number of esters is 1.